The molecule has 0 aliphatic carbocycles. The Morgan fingerprint density at radius 3 is 2.67 bits per heavy atom. The Balaban J connectivity index is 1.84. The highest BCUT2D eigenvalue weighted by molar-refractivity contribution is 7.99. The summed E-state index contributed by atoms with van der Waals surface area (Å²) in [5, 5.41) is 3.30. The van der Waals surface area contributed by atoms with Crippen LogP contribution in [0.2, 0.25) is 0 Å². The smallest absolute Gasteiger partial charge is 0.240 e. The molecule has 5 heteroatoms. The normalized spacial score (nSPS) is 29.1. The fraction of sp³-hybridized carbons (Fsp3) is 0.900. The van der Waals surface area contributed by atoms with Gasteiger partial charge in [0.25, 0.3) is 0 Å². The van der Waals surface area contributed by atoms with E-state index in [-0.39, 0.29) is 6.04 Å². The molecule has 2 saturated heterocycles. The first kappa shape index (κ1) is 11.2. The van der Waals surface area contributed by atoms with Crippen LogP contribution in [0.1, 0.15) is 0 Å². The first-order chi connectivity index (χ1) is 7.27. The largest absolute Gasteiger partial charge is 0.339 e. The Bertz CT molecular complexity index is 223. The van der Waals surface area contributed by atoms with Gasteiger partial charge in [0, 0.05) is 44.2 Å². The number of rotatable bonds is 1. The lowest BCUT2D eigenvalue weighted by atomic mass is 10.2. The molecule has 1 unspecified atom stereocenters. The number of piperazine rings is 1. The van der Waals surface area contributed by atoms with E-state index in [9.17, 15) is 4.79 Å². The van der Waals surface area contributed by atoms with Gasteiger partial charge in [-0.3, -0.25) is 4.79 Å². The van der Waals surface area contributed by atoms with Gasteiger partial charge in [0.2, 0.25) is 5.91 Å². The van der Waals surface area contributed by atoms with E-state index in [1.165, 1.54) is 0 Å². The lowest BCUT2D eigenvalue weighted by Crippen LogP contribution is -2.55. The molecular formula is C10H19N3OS. The van der Waals surface area contributed by atoms with Crippen LogP contribution in [0.25, 0.3) is 0 Å². The Morgan fingerprint density at radius 1 is 1.33 bits per heavy atom. The summed E-state index contributed by atoms with van der Waals surface area (Å²) < 4.78 is 0. The van der Waals surface area contributed by atoms with Crippen LogP contribution >= 0.6 is 11.8 Å². The number of nitrogens with zero attached hydrogens (tertiary/aromatic N) is 2. The lowest BCUT2D eigenvalue weighted by molar-refractivity contribution is -0.134. The maximum Gasteiger partial charge on any atom is 0.240 e. The van der Waals surface area contributed by atoms with Gasteiger partial charge in [-0.05, 0) is 7.05 Å². The second-order valence-electron chi connectivity index (χ2n) is 4.21. The summed E-state index contributed by atoms with van der Waals surface area (Å²) >= 11 is 1.88. The maximum atomic E-state index is 12.1. The molecule has 2 rings (SSSR count). The van der Waals surface area contributed by atoms with E-state index in [0.717, 1.165) is 44.2 Å². The predicted molar refractivity (Wildman–Crippen MR) is 63.2 cm³/mol. The second-order valence-corrected chi connectivity index (χ2v) is 5.36. The fourth-order valence-electron chi connectivity index (χ4n) is 1.97. The Hall–Kier alpha value is -0.260. The van der Waals surface area contributed by atoms with Gasteiger partial charge >= 0.3 is 0 Å². The van der Waals surface area contributed by atoms with E-state index < -0.39 is 0 Å². The van der Waals surface area contributed by atoms with Crippen LogP contribution in [0.4, 0.5) is 0 Å². The molecular weight excluding hydrogens is 210 g/mol. The minimum absolute atomic E-state index is 0.0622. The van der Waals surface area contributed by atoms with Crippen molar-refractivity contribution < 1.29 is 4.79 Å². The minimum Gasteiger partial charge on any atom is -0.339 e. The molecule has 1 N–H and O–H groups in total. The van der Waals surface area contributed by atoms with E-state index in [1.54, 1.807) is 0 Å². The molecule has 0 aromatic heterocycles. The minimum atomic E-state index is 0.0622. The summed E-state index contributed by atoms with van der Waals surface area (Å²) in [7, 11) is 2.11. The van der Waals surface area contributed by atoms with Gasteiger partial charge in [-0.15, -0.1) is 0 Å². The number of hydrogen-bond donors (Lipinski definition) is 1. The number of thioether (sulfide) groups is 1. The summed E-state index contributed by atoms with van der Waals surface area (Å²) in [6.45, 7) is 4.75. The number of nitrogens with one attached hydrogen (secondary N) is 1. The standard InChI is InChI=1S/C10H19N3OS/c1-12-3-5-13(6-4-12)10(14)9-8-15-7-2-11-9/h9,11H,2-8H2,1H3. The van der Waals surface area contributed by atoms with Gasteiger partial charge in [0.05, 0.1) is 6.04 Å². The first-order valence-corrected chi connectivity index (χ1v) is 6.71. The van der Waals surface area contributed by atoms with E-state index in [0.29, 0.717) is 5.91 Å². The van der Waals surface area contributed by atoms with Gasteiger partial charge in [0.1, 0.15) is 0 Å². The van der Waals surface area contributed by atoms with Crippen molar-refractivity contribution in [3.63, 3.8) is 0 Å². The topological polar surface area (TPSA) is 35.6 Å². The molecule has 4 nitrogen and oxygen atoms in total. The zero-order chi connectivity index (χ0) is 10.7. The SMILES string of the molecule is CN1CCN(C(=O)C2CSCCN2)CC1. The molecule has 1 amide bonds. The monoisotopic (exact) mass is 229 g/mol. The van der Waals surface area contributed by atoms with Crippen LogP contribution in [0.15, 0.2) is 0 Å². The van der Waals surface area contributed by atoms with Crippen LogP contribution in [-0.2, 0) is 4.79 Å². The average molecular weight is 229 g/mol. The molecule has 2 fully saturated rings. The molecule has 0 bridgehead atoms. The third kappa shape index (κ3) is 2.86. The highest BCUT2D eigenvalue weighted by Gasteiger charge is 2.27. The molecule has 0 aromatic rings. The maximum absolute atomic E-state index is 12.1. The van der Waals surface area contributed by atoms with E-state index in [2.05, 4.69) is 17.3 Å². The molecule has 2 aliphatic rings. The van der Waals surface area contributed by atoms with Gasteiger partial charge in [-0.25, -0.2) is 0 Å². The number of amides is 1. The Morgan fingerprint density at radius 2 is 2.07 bits per heavy atom. The highest BCUT2D eigenvalue weighted by Crippen LogP contribution is 2.11. The Kier molecular flexibility index (Phi) is 3.88. The number of carbonyl (C=O) groups excluding carboxylic acids is 1. The molecule has 0 radical (unpaired) electrons. The molecule has 0 saturated carbocycles. The van der Waals surface area contributed by atoms with Crippen molar-refractivity contribution in [2.75, 3.05) is 51.3 Å². The zero-order valence-corrected chi connectivity index (χ0v) is 10.1. The first-order valence-electron chi connectivity index (χ1n) is 5.56. The summed E-state index contributed by atoms with van der Waals surface area (Å²) in [5.74, 6) is 2.37. The fourth-order valence-corrected chi connectivity index (χ4v) is 2.90. The Labute approximate surface area is 95.4 Å². The van der Waals surface area contributed by atoms with Crippen LogP contribution in [0, 0.1) is 0 Å². The van der Waals surface area contributed by atoms with Crippen LogP contribution in [0.3, 0.4) is 0 Å². The summed E-state index contributed by atoms with van der Waals surface area (Å²) in [6, 6.07) is 0.0622. The molecule has 1 atom stereocenters. The third-order valence-corrected chi connectivity index (χ3v) is 4.10. The average Bonchev–Trinajstić information content (AvgIpc) is 2.30. The van der Waals surface area contributed by atoms with Crippen LogP contribution in [-0.4, -0.2) is 73.0 Å². The number of hydrogen-bond acceptors (Lipinski definition) is 4. The van der Waals surface area contributed by atoms with Crippen molar-refractivity contribution in [1.82, 2.24) is 15.1 Å². The van der Waals surface area contributed by atoms with Crippen molar-refractivity contribution in [2.45, 2.75) is 6.04 Å². The molecule has 2 aliphatic heterocycles. The van der Waals surface area contributed by atoms with Crippen LogP contribution < -0.4 is 5.32 Å². The van der Waals surface area contributed by atoms with Crippen molar-refractivity contribution in [3.05, 3.63) is 0 Å². The summed E-state index contributed by atoms with van der Waals surface area (Å²) in [5.41, 5.74) is 0. The van der Waals surface area contributed by atoms with Gasteiger partial charge in [0.15, 0.2) is 0 Å². The molecule has 0 aromatic carbocycles. The second kappa shape index (κ2) is 5.18. The highest BCUT2D eigenvalue weighted by atomic mass is 32.2. The van der Waals surface area contributed by atoms with Crippen molar-refractivity contribution in [2.24, 2.45) is 0 Å². The quantitative estimate of drug-likeness (QED) is 0.655. The summed E-state index contributed by atoms with van der Waals surface area (Å²) in [4.78, 5) is 16.4. The van der Waals surface area contributed by atoms with Gasteiger partial charge < -0.3 is 15.1 Å². The van der Waals surface area contributed by atoms with E-state index >= 15 is 0 Å². The van der Waals surface area contributed by atoms with E-state index in [1.807, 2.05) is 16.7 Å². The van der Waals surface area contributed by atoms with Crippen molar-refractivity contribution in [1.29, 1.82) is 0 Å². The van der Waals surface area contributed by atoms with Crippen LogP contribution in [0.5, 0.6) is 0 Å². The van der Waals surface area contributed by atoms with Crippen molar-refractivity contribution in [3.8, 4) is 0 Å². The third-order valence-electron chi connectivity index (χ3n) is 3.03. The zero-order valence-electron chi connectivity index (χ0n) is 9.24. The summed E-state index contributed by atoms with van der Waals surface area (Å²) in [6.07, 6.45) is 0. The number of carbonyl (C=O) groups is 1. The van der Waals surface area contributed by atoms with E-state index in [4.69, 9.17) is 0 Å². The molecule has 15 heavy (non-hydrogen) atoms. The van der Waals surface area contributed by atoms with Crippen molar-refractivity contribution >= 4 is 17.7 Å². The molecule has 86 valence electrons. The van der Waals surface area contributed by atoms with Gasteiger partial charge in [-0.2, -0.15) is 11.8 Å². The number of likely N-dealkylation sites (N-methyl/N-ethyl adjacent to an activating group) is 1. The molecule has 2 heterocycles. The lowest BCUT2D eigenvalue weighted by Gasteiger charge is -2.35. The van der Waals surface area contributed by atoms with Gasteiger partial charge in [-0.1, -0.05) is 0 Å². The molecule has 0 spiro atoms. The predicted octanol–water partition coefficient (Wildman–Crippen LogP) is -0.535.